The third-order valence-corrected chi connectivity index (χ3v) is 2.41. The van der Waals surface area contributed by atoms with Crippen LogP contribution in [0.2, 0.25) is 0 Å². The molecule has 0 aliphatic heterocycles. The summed E-state index contributed by atoms with van der Waals surface area (Å²) in [7, 11) is 1.32. The monoisotopic (exact) mass is 256 g/mol. The maximum atomic E-state index is 12.1. The fourth-order valence-corrected chi connectivity index (χ4v) is 1.70. The molecule has 0 aliphatic rings. The summed E-state index contributed by atoms with van der Waals surface area (Å²) in [4.78, 5) is 23.9. The molecule has 18 heavy (non-hydrogen) atoms. The summed E-state index contributed by atoms with van der Waals surface area (Å²) in [6.07, 6.45) is -0.211. The lowest BCUT2D eigenvalue weighted by Gasteiger charge is -2.19. The van der Waals surface area contributed by atoms with E-state index in [9.17, 15) is 9.59 Å². The lowest BCUT2D eigenvalue weighted by molar-refractivity contribution is -0.144. The van der Waals surface area contributed by atoms with Gasteiger partial charge in [-0.05, 0) is 25.7 Å². The summed E-state index contributed by atoms with van der Waals surface area (Å²) >= 11 is 0. The highest BCUT2D eigenvalue weighted by Gasteiger charge is 2.27. The lowest BCUT2D eigenvalue weighted by atomic mass is 9.90. The van der Waals surface area contributed by atoms with Crippen molar-refractivity contribution in [1.82, 2.24) is 0 Å². The van der Waals surface area contributed by atoms with Crippen LogP contribution in [0.4, 0.5) is 0 Å². The van der Waals surface area contributed by atoms with Crippen molar-refractivity contribution in [1.29, 1.82) is 0 Å². The number of carbonyl (C=O) groups is 2. The van der Waals surface area contributed by atoms with Crippen LogP contribution in [0.3, 0.4) is 0 Å². The van der Waals surface area contributed by atoms with Gasteiger partial charge in [0.05, 0.1) is 24.4 Å². The molecule has 0 heterocycles. The molecule has 0 unspecified atom stereocenters. The minimum absolute atomic E-state index is 0.0884. The van der Waals surface area contributed by atoms with Crippen molar-refractivity contribution in [3.05, 3.63) is 11.1 Å². The van der Waals surface area contributed by atoms with E-state index in [1.165, 1.54) is 7.11 Å². The molecular weight excluding hydrogens is 232 g/mol. The van der Waals surface area contributed by atoms with Crippen molar-refractivity contribution < 1.29 is 19.1 Å². The second kappa shape index (κ2) is 7.19. The molecule has 0 saturated heterocycles. The Morgan fingerprint density at radius 3 is 1.44 bits per heavy atom. The number of hydrogen-bond donors (Lipinski definition) is 0. The molecule has 0 bridgehead atoms. The van der Waals surface area contributed by atoms with Crippen LogP contribution in [-0.4, -0.2) is 25.2 Å². The van der Waals surface area contributed by atoms with Crippen molar-refractivity contribution in [2.75, 3.05) is 7.11 Å². The van der Waals surface area contributed by atoms with Crippen molar-refractivity contribution in [3.8, 4) is 0 Å². The molecule has 0 radical (unpaired) electrons. The molecule has 0 amide bonds. The van der Waals surface area contributed by atoms with E-state index in [2.05, 4.69) is 0 Å². The number of carbonyl (C=O) groups excluding carboxylic acids is 2. The van der Waals surface area contributed by atoms with Gasteiger partial charge in [-0.15, -0.1) is 0 Å². The highest BCUT2D eigenvalue weighted by atomic mass is 16.5. The Hall–Kier alpha value is -1.32. The van der Waals surface area contributed by atoms with E-state index < -0.39 is 11.9 Å². The van der Waals surface area contributed by atoms with Gasteiger partial charge in [0.2, 0.25) is 0 Å². The zero-order valence-corrected chi connectivity index (χ0v) is 12.4. The van der Waals surface area contributed by atoms with Crippen molar-refractivity contribution in [2.24, 2.45) is 11.8 Å². The molecule has 0 aromatic heterocycles. The molecule has 0 aromatic carbocycles. The van der Waals surface area contributed by atoms with Crippen molar-refractivity contribution in [3.63, 3.8) is 0 Å². The molecule has 4 heteroatoms. The number of methoxy groups -OCH3 is 1. The topological polar surface area (TPSA) is 52.6 Å². The fourth-order valence-electron chi connectivity index (χ4n) is 1.70. The van der Waals surface area contributed by atoms with Crippen LogP contribution < -0.4 is 0 Å². The Bertz CT molecular complexity index is 338. The second-order valence-corrected chi connectivity index (χ2v) is 5.08. The normalized spacial score (nSPS) is 12.8. The Morgan fingerprint density at radius 1 is 0.778 bits per heavy atom. The maximum absolute atomic E-state index is 12.1. The van der Waals surface area contributed by atoms with E-state index in [0.29, 0.717) is 11.1 Å². The van der Waals surface area contributed by atoms with E-state index in [4.69, 9.17) is 9.47 Å². The van der Waals surface area contributed by atoms with Crippen molar-refractivity contribution in [2.45, 2.75) is 47.6 Å². The summed E-state index contributed by atoms with van der Waals surface area (Å²) in [5, 5.41) is 0. The number of ether oxygens (including phenoxy) is 2. The predicted molar refractivity (Wildman–Crippen MR) is 69.9 cm³/mol. The van der Waals surface area contributed by atoms with Gasteiger partial charge in [0, 0.05) is 0 Å². The number of hydrogen-bond acceptors (Lipinski definition) is 4. The zero-order chi connectivity index (χ0) is 14.5. The van der Waals surface area contributed by atoms with Gasteiger partial charge in [-0.25, -0.2) is 9.59 Å². The average Bonchev–Trinajstić information content (AvgIpc) is 2.22. The predicted octanol–water partition coefficient (Wildman–Crippen LogP) is 2.72. The van der Waals surface area contributed by atoms with Gasteiger partial charge < -0.3 is 9.47 Å². The molecule has 0 spiro atoms. The SMILES string of the molecule is COC(=O)/C(=C(/C(=O)OC(C)C)C(C)C)C(C)C. The Labute approximate surface area is 109 Å². The summed E-state index contributed by atoms with van der Waals surface area (Å²) < 4.78 is 9.95. The molecular formula is C14H24O4. The molecule has 0 atom stereocenters. The Morgan fingerprint density at radius 2 is 1.17 bits per heavy atom. The highest BCUT2D eigenvalue weighted by Crippen LogP contribution is 2.24. The summed E-state index contributed by atoms with van der Waals surface area (Å²) in [6.45, 7) is 11.0. The van der Waals surface area contributed by atoms with Gasteiger partial charge in [-0.2, -0.15) is 0 Å². The highest BCUT2D eigenvalue weighted by molar-refractivity contribution is 6.01. The molecule has 0 N–H and O–H groups in total. The molecule has 0 fully saturated rings. The van der Waals surface area contributed by atoms with E-state index >= 15 is 0 Å². The van der Waals surface area contributed by atoms with Gasteiger partial charge in [-0.1, -0.05) is 27.7 Å². The van der Waals surface area contributed by atoms with Crippen LogP contribution in [0, 0.1) is 11.8 Å². The third-order valence-electron chi connectivity index (χ3n) is 2.41. The average molecular weight is 256 g/mol. The summed E-state index contributed by atoms with van der Waals surface area (Å²) in [5.74, 6) is -1.08. The minimum atomic E-state index is -0.464. The first-order chi connectivity index (χ1) is 8.22. The van der Waals surface area contributed by atoms with Crippen LogP contribution in [0.15, 0.2) is 11.1 Å². The van der Waals surface area contributed by atoms with Crippen LogP contribution in [0.25, 0.3) is 0 Å². The largest absolute Gasteiger partial charge is 0.466 e. The first kappa shape index (κ1) is 16.7. The fraction of sp³-hybridized carbons (Fsp3) is 0.714. The van der Waals surface area contributed by atoms with Gasteiger partial charge in [0.15, 0.2) is 0 Å². The third kappa shape index (κ3) is 4.51. The van der Waals surface area contributed by atoms with Crippen molar-refractivity contribution >= 4 is 11.9 Å². The maximum Gasteiger partial charge on any atom is 0.335 e. The van der Waals surface area contributed by atoms with E-state index in [1.54, 1.807) is 13.8 Å². The van der Waals surface area contributed by atoms with Gasteiger partial charge in [0.1, 0.15) is 0 Å². The molecule has 0 rings (SSSR count). The first-order valence-electron chi connectivity index (χ1n) is 6.25. The van der Waals surface area contributed by atoms with E-state index in [0.717, 1.165) is 0 Å². The van der Waals surface area contributed by atoms with E-state index in [-0.39, 0.29) is 17.9 Å². The number of esters is 2. The lowest BCUT2D eigenvalue weighted by Crippen LogP contribution is -2.23. The Balaban J connectivity index is 5.62. The molecule has 0 aliphatic carbocycles. The molecule has 0 saturated carbocycles. The van der Waals surface area contributed by atoms with Crippen LogP contribution in [0.5, 0.6) is 0 Å². The molecule has 0 aromatic rings. The Kier molecular flexibility index (Phi) is 6.66. The zero-order valence-electron chi connectivity index (χ0n) is 12.4. The first-order valence-corrected chi connectivity index (χ1v) is 6.25. The minimum Gasteiger partial charge on any atom is -0.466 e. The van der Waals surface area contributed by atoms with E-state index in [1.807, 2.05) is 27.7 Å². The standard InChI is InChI=1S/C14H24O4/c1-8(2)11(13(15)17-7)12(9(3)4)14(16)18-10(5)6/h8-10H,1-7H3/b12-11+. The van der Waals surface area contributed by atoms with Gasteiger partial charge >= 0.3 is 11.9 Å². The summed E-state index contributed by atoms with van der Waals surface area (Å²) in [5.41, 5.74) is 0.809. The van der Waals surface area contributed by atoms with Crippen LogP contribution >= 0.6 is 0 Å². The number of rotatable bonds is 5. The molecule has 4 nitrogen and oxygen atoms in total. The van der Waals surface area contributed by atoms with Crippen LogP contribution in [0.1, 0.15) is 41.5 Å². The molecule has 104 valence electrons. The quantitative estimate of drug-likeness (QED) is 0.560. The van der Waals surface area contributed by atoms with Gasteiger partial charge in [0.25, 0.3) is 0 Å². The smallest absolute Gasteiger partial charge is 0.335 e. The second-order valence-electron chi connectivity index (χ2n) is 5.08. The van der Waals surface area contributed by atoms with Gasteiger partial charge in [-0.3, -0.25) is 0 Å². The van der Waals surface area contributed by atoms with Crippen LogP contribution in [-0.2, 0) is 19.1 Å². The summed E-state index contributed by atoms with van der Waals surface area (Å²) in [6, 6.07) is 0.